The number of rotatable bonds is 5. The van der Waals surface area contributed by atoms with Gasteiger partial charge < -0.3 is 4.42 Å². The largest absolute Gasteiger partial charge is 0.444 e. The maximum absolute atomic E-state index is 12.1. The van der Waals surface area contributed by atoms with Gasteiger partial charge in [-0.2, -0.15) is 0 Å². The Morgan fingerprint density at radius 1 is 1.25 bits per heavy atom. The Morgan fingerprint density at radius 2 is 2.00 bits per heavy atom. The van der Waals surface area contributed by atoms with Gasteiger partial charge >= 0.3 is 0 Å². The van der Waals surface area contributed by atoms with Gasteiger partial charge in [0.1, 0.15) is 0 Å². The Morgan fingerprint density at radius 3 is 2.62 bits per heavy atom. The minimum absolute atomic E-state index is 0.247. The van der Waals surface area contributed by atoms with Crippen molar-refractivity contribution in [3.8, 4) is 11.3 Å². The molecule has 0 aliphatic heterocycles. The van der Waals surface area contributed by atoms with Crippen LogP contribution < -0.4 is 5.32 Å². The lowest BCUT2D eigenvalue weighted by Gasteiger charge is -2.05. The number of carbonyl (C=O) groups excluding carboxylic acids is 1. The third-order valence-electron chi connectivity index (χ3n) is 3.42. The number of anilines is 1. The molecule has 4 nitrogen and oxygen atoms in total. The average Bonchev–Trinajstić information content (AvgIpc) is 3.17. The molecule has 1 N–H and O–H groups in total. The summed E-state index contributed by atoms with van der Waals surface area (Å²) in [4.78, 5) is 16.5. The molecule has 1 aromatic carbocycles. The fourth-order valence-corrected chi connectivity index (χ4v) is 3.36. The minimum atomic E-state index is -0.311. The molecule has 0 bridgehead atoms. The summed E-state index contributed by atoms with van der Waals surface area (Å²) >= 11 is 4.57. The number of halogens is 1. The van der Waals surface area contributed by atoms with E-state index in [4.69, 9.17) is 4.42 Å². The summed E-state index contributed by atoms with van der Waals surface area (Å²) < 4.78 is 5.76. The second kappa shape index (κ2) is 7.32. The normalized spacial score (nSPS) is 11.0. The fraction of sp³-hybridized carbons (Fsp3) is 0.222. The van der Waals surface area contributed by atoms with E-state index in [1.807, 2.05) is 5.38 Å². The lowest BCUT2D eigenvalue weighted by Crippen LogP contribution is -2.10. The van der Waals surface area contributed by atoms with Crippen LogP contribution in [0.25, 0.3) is 11.3 Å². The molecule has 0 saturated heterocycles. The lowest BCUT2D eigenvalue weighted by atomic mass is 10.0. The Bertz CT molecular complexity index is 837. The number of thiazole rings is 1. The van der Waals surface area contributed by atoms with E-state index in [-0.39, 0.29) is 11.7 Å². The summed E-state index contributed by atoms with van der Waals surface area (Å²) in [6.07, 6.45) is 1.07. The summed E-state index contributed by atoms with van der Waals surface area (Å²) in [5, 5.41) is 5.24. The number of hydrogen-bond donors (Lipinski definition) is 1. The molecule has 3 aromatic rings. The summed E-state index contributed by atoms with van der Waals surface area (Å²) in [6, 6.07) is 11.7. The highest BCUT2D eigenvalue weighted by Crippen LogP contribution is 2.26. The van der Waals surface area contributed by atoms with Gasteiger partial charge in [-0.3, -0.25) is 10.1 Å². The second-order valence-corrected chi connectivity index (χ2v) is 7.53. The Hall–Kier alpha value is -1.92. The van der Waals surface area contributed by atoms with Crippen LogP contribution >= 0.6 is 27.3 Å². The van der Waals surface area contributed by atoms with Crippen LogP contribution in [0.3, 0.4) is 0 Å². The zero-order valence-corrected chi connectivity index (χ0v) is 15.8. The number of amides is 1. The van der Waals surface area contributed by atoms with Crippen molar-refractivity contribution < 1.29 is 9.21 Å². The van der Waals surface area contributed by atoms with Gasteiger partial charge in [-0.15, -0.1) is 11.3 Å². The van der Waals surface area contributed by atoms with E-state index < -0.39 is 0 Å². The van der Waals surface area contributed by atoms with Crippen molar-refractivity contribution in [3.05, 3.63) is 57.8 Å². The van der Waals surface area contributed by atoms with Crippen molar-refractivity contribution in [3.63, 3.8) is 0 Å². The second-order valence-electron chi connectivity index (χ2n) is 5.89. The van der Waals surface area contributed by atoms with E-state index in [0.717, 1.165) is 17.7 Å². The topological polar surface area (TPSA) is 55.1 Å². The van der Waals surface area contributed by atoms with Crippen LogP contribution in [-0.4, -0.2) is 10.9 Å². The minimum Gasteiger partial charge on any atom is -0.444 e. The number of carbonyl (C=O) groups is 1. The summed E-state index contributed by atoms with van der Waals surface area (Å²) in [5.41, 5.74) is 3.22. The van der Waals surface area contributed by atoms with E-state index in [2.05, 4.69) is 64.3 Å². The van der Waals surface area contributed by atoms with E-state index >= 15 is 0 Å². The van der Waals surface area contributed by atoms with Crippen LogP contribution in [0.5, 0.6) is 0 Å². The van der Waals surface area contributed by atoms with Crippen molar-refractivity contribution >= 4 is 38.3 Å². The number of aromatic nitrogens is 1. The highest BCUT2D eigenvalue weighted by atomic mass is 79.9. The standard InChI is InChI=1S/C18H17BrN2O2S/c1-11(2)9-12-3-5-13(6-4-12)14-10-24-18(20-14)21-17(22)15-7-8-16(19)23-15/h3-8,10-11H,9H2,1-2H3,(H,20,21,22). The smallest absolute Gasteiger partial charge is 0.293 e. The van der Waals surface area contributed by atoms with Crippen LogP contribution in [0.2, 0.25) is 0 Å². The van der Waals surface area contributed by atoms with Gasteiger partial charge in [0.15, 0.2) is 15.6 Å². The zero-order valence-electron chi connectivity index (χ0n) is 13.4. The van der Waals surface area contributed by atoms with Crippen LogP contribution in [0.4, 0.5) is 5.13 Å². The molecule has 0 saturated carbocycles. The number of furan rings is 1. The molecule has 0 spiro atoms. The van der Waals surface area contributed by atoms with Crippen molar-refractivity contribution in [1.82, 2.24) is 4.98 Å². The molecule has 0 aliphatic rings. The molecule has 0 aliphatic carbocycles. The zero-order chi connectivity index (χ0) is 17.1. The summed E-state index contributed by atoms with van der Waals surface area (Å²) in [5.74, 6) is 0.573. The molecular weight excluding hydrogens is 388 g/mol. The SMILES string of the molecule is CC(C)Cc1ccc(-c2csc(NC(=O)c3ccc(Br)o3)n2)cc1. The third-order valence-corrected chi connectivity index (χ3v) is 4.60. The molecule has 0 atom stereocenters. The fourth-order valence-electron chi connectivity index (χ4n) is 2.34. The molecule has 3 rings (SSSR count). The highest BCUT2D eigenvalue weighted by Gasteiger charge is 2.13. The van der Waals surface area contributed by atoms with Crippen molar-refractivity contribution in [2.75, 3.05) is 5.32 Å². The summed E-state index contributed by atoms with van der Waals surface area (Å²) in [6.45, 7) is 4.42. The van der Waals surface area contributed by atoms with Gasteiger partial charge in [-0.25, -0.2) is 4.98 Å². The molecule has 0 unspecified atom stereocenters. The molecule has 2 heterocycles. The predicted octanol–water partition coefficient (Wildman–Crippen LogP) is 5.62. The third kappa shape index (κ3) is 4.13. The molecule has 0 radical (unpaired) electrons. The first-order valence-electron chi connectivity index (χ1n) is 7.63. The molecule has 2 aromatic heterocycles. The first-order chi connectivity index (χ1) is 11.5. The maximum atomic E-state index is 12.1. The van der Waals surface area contributed by atoms with Gasteiger partial charge in [0.05, 0.1) is 5.69 Å². The monoisotopic (exact) mass is 404 g/mol. The van der Waals surface area contributed by atoms with E-state index in [0.29, 0.717) is 15.7 Å². The summed E-state index contributed by atoms with van der Waals surface area (Å²) in [7, 11) is 0. The number of hydrogen-bond acceptors (Lipinski definition) is 4. The predicted molar refractivity (Wildman–Crippen MR) is 100 cm³/mol. The average molecular weight is 405 g/mol. The molecule has 0 fully saturated rings. The van der Waals surface area contributed by atoms with Gasteiger partial charge in [0.25, 0.3) is 5.91 Å². The van der Waals surface area contributed by atoms with Crippen LogP contribution in [0, 0.1) is 5.92 Å². The number of nitrogens with zero attached hydrogens (tertiary/aromatic N) is 1. The molecule has 124 valence electrons. The van der Waals surface area contributed by atoms with Crippen LogP contribution in [-0.2, 0) is 6.42 Å². The van der Waals surface area contributed by atoms with E-state index in [1.165, 1.54) is 16.9 Å². The van der Waals surface area contributed by atoms with Crippen LogP contribution in [0.15, 0.2) is 50.9 Å². The molecular formula is C18H17BrN2O2S. The first-order valence-corrected chi connectivity index (χ1v) is 9.30. The van der Waals surface area contributed by atoms with Crippen LogP contribution in [0.1, 0.15) is 30.0 Å². The molecule has 24 heavy (non-hydrogen) atoms. The van der Waals surface area contributed by atoms with E-state index in [9.17, 15) is 4.79 Å². The van der Waals surface area contributed by atoms with Gasteiger partial charge in [-0.05, 0) is 46.0 Å². The van der Waals surface area contributed by atoms with Crippen molar-refractivity contribution in [2.45, 2.75) is 20.3 Å². The first kappa shape index (κ1) is 16.9. The van der Waals surface area contributed by atoms with E-state index in [1.54, 1.807) is 12.1 Å². The Balaban J connectivity index is 1.70. The Kier molecular flexibility index (Phi) is 5.16. The number of nitrogens with one attached hydrogen (secondary N) is 1. The molecule has 1 amide bonds. The lowest BCUT2D eigenvalue weighted by molar-refractivity contribution is 0.0995. The maximum Gasteiger partial charge on any atom is 0.293 e. The van der Waals surface area contributed by atoms with Gasteiger partial charge in [0.2, 0.25) is 0 Å². The van der Waals surface area contributed by atoms with Gasteiger partial charge in [-0.1, -0.05) is 38.1 Å². The Labute approximate surface area is 153 Å². The van der Waals surface area contributed by atoms with Crippen molar-refractivity contribution in [1.29, 1.82) is 0 Å². The molecule has 6 heteroatoms. The number of benzene rings is 1. The quantitative estimate of drug-likeness (QED) is 0.600. The van der Waals surface area contributed by atoms with Gasteiger partial charge in [0, 0.05) is 10.9 Å². The highest BCUT2D eigenvalue weighted by molar-refractivity contribution is 9.10. The van der Waals surface area contributed by atoms with Crippen molar-refractivity contribution in [2.24, 2.45) is 5.92 Å².